The van der Waals surface area contributed by atoms with Gasteiger partial charge in [-0.25, -0.2) is 4.72 Å². The van der Waals surface area contributed by atoms with Gasteiger partial charge in [0.1, 0.15) is 5.75 Å². The van der Waals surface area contributed by atoms with E-state index in [0.29, 0.717) is 26.1 Å². The molecule has 0 saturated carbocycles. The Balaban J connectivity index is 2.48. The van der Waals surface area contributed by atoms with E-state index in [1.54, 1.807) is 24.3 Å². The second-order valence-electron chi connectivity index (χ2n) is 3.90. The van der Waals surface area contributed by atoms with E-state index in [2.05, 4.69) is 4.72 Å². The molecular weight excluding hydrogens is 252 g/mol. The summed E-state index contributed by atoms with van der Waals surface area (Å²) in [5, 5.41) is 9.13. The van der Waals surface area contributed by atoms with Crippen molar-refractivity contribution in [2.24, 2.45) is 0 Å². The van der Waals surface area contributed by atoms with Crippen molar-refractivity contribution < 1.29 is 13.5 Å². The highest BCUT2D eigenvalue weighted by atomic mass is 32.2. The predicted octanol–water partition coefficient (Wildman–Crippen LogP) is 1.11. The number of nitrogens with one attached hydrogen (secondary N) is 1. The molecule has 2 N–H and O–H groups in total. The number of benzene rings is 1. The number of aromatic hydroxyl groups is 1. The molecule has 0 saturated heterocycles. The van der Waals surface area contributed by atoms with Crippen LogP contribution < -0.4 is 4.72 Å². The Hall–Kier alpha value is -1.11. The molecule has 0 bridgehead atoms. The van der Waals surface area contributed by atoms with Gasteiger partial charge >= 0.3 is 0 Å². The summed E-state index contributed by atoms with van der Waals surface area (Å²) in [5.74, 6) is 0.211. The maximum Gasteiger partial charge on any atom is 0.279 e. The summed E-state index contributed by atoms with van der Waals surface area (Å²) in [7, 11) is -3.37. The zero-order valence-electron chi connectivity index (χ0n) is 10.8. The van der Waals surface area contributed by atoms with Crippen LogP contribution in [0.3, 0.4) is 0 Å². The number of nitrogens with zero attached hydrogens (tertiary/aromatic N) is 1. The average molecular weight is 272 g/mol. The smallest absolute Gasteiger partial charge is 0.279 e. The fourth-order valence-electron chi connectivity index (χ4n) is 1.64. The van der Waals surface area contributed by atoms with E-state index < -0.39 is 10.2 Å². The first kappa shape index (κ1) is 14.9. The standard InChI is InChI=1S/C12H20N2O3S/c1-3-14(4-2)18(16,17)13-10-9-11-5-7-12(15)8-6-11/h5-8,13,15H,3-4,9-10H2,1-2H3. The molecular formula is C12H20N2O3S. The molecule has 0 aliphatic heterocycles. The van der Waals surface area contributed by atoms with Crippen molar-refractivity contribution in [2.45, 2.75) is 20.3 Å². The van der Waals surface area contributed by atoms with E-state index >= 15 is 0 Å². The monoisotopic (exact) mass is 272 g/mol. The van der Waals surface area contributed by atoms with Crippen LogP contribution in [-0.2, 0) is 16.6 Å². The van der Waals surface area contributed by atoms with E-state index in [-0.39, 0.29) is 5.75 Å². The Labute approximate surface area is 109 Å². The summed E-state index contributed by atoms with van der Waals surface area (Å²) in [5.41, 5.74) is 0.982. The van der Waals surface area contributed by atoms with Crippen LogP contribution in [0.15, 0.2) is 24.3 Å². The van der Waals surface area contributed by atoms with Gasteiger partial charge in [-0.15, -0.1) is 0 Å². The van der Waals surface area contributed by atoms with E-state index in [0.717, 1.165) is 5.56 Å². The van der Waals surface area contributed by atoms with Gasteiger partial charge in [-0.1, -0.05) is 26.0 Å². The number of phenolic OH excluding ortho intramolecular Hbond substituents is 1. The Kier molecular flexibility index (Phi) is 5.58. The molecule has 0 radical (unpaired) electrons. The van der Waals surface area contributed by atoms with E-state index in [1.807, 2.05) is 13.8 Å². The zero-order valence-corrected chi connectivity index (χ0v) is 11.6. The number of rotatable bonds is 7. The minimum absolute atomic E-state index is 0.211. The summed E-state index contributed by atoms with van der Waals surface area (Å²) in [6.07, 6.45) is 0.598. The van der Waals surface area contributed by atoms with Crippen molar-refractivity contribution in [2.75, 3.05) is 19.6 Å². The molecule has 0 aliphatic carbocycles. The first-order chi connectivity index (χ1) is 8.49. The number of hydrogen-bond acceptors (Lipinski definition) is 3. The quantitative estimate of drug-likeness (QED) is 0.781. The van der Waals surface area contributed by atoms with Crippen LogP contribution in [0.1, 0.15) is 19.4 Å². The van der Waals surface area contributed by atoms with E-state index in [4.69, 9.17) is 5.11 Å². The fraction of sp³-hybridized carbons (Fsp3) is 0.500. The molecule has 0 atom stereocenters. The zero-order chi connectivity index (χ0) is 13.6. The Morgan fingerprint density at radius 2 is 1.72 bits per heavy atom. The Morgan fingerprint density at radius 3 is 2.22 bits per heavy atom. The minimum atomic E-state index is -3.37. The molecule has 1 rings (SSSR count). The van der Waals surface area contributed by atoms with Crippen LogP contribution in [-0.4, -0.2) is 37.5 Å². The van der Waals surface area contributed by atoms with E-state index in [1.165, 1.54) is 4.31 Å². The van der Waals surface area contributed by atoms with Gasteiger partial charge in [0, 0.05) is 19.6 Å². The molecule has 0 aromatic heterocycles. The molecule has 5 nitrogen and oxygen atoms in total. The highest BCUT2D eigenvalue weighted by molar-refractivity contribution is 7.87. The average Bonchev–Trinajstić information content (AvgIpc) is 2.32. The number of phenols is 1. The first-order valence-corrected chi connectivity index (χ1v) is 7.46. The number of hydrogen-bond donors (Lipinski definition) is 2. The van der Waals surface area contributed by atoms with Crippen LogP contribution >= 0.6 is 0 Å². The maximum absolute atomic E-state index is 11.8. The maximum atomic E-state index is 11.8. The lowest BCUT2D eigenvalue weighted by Crippen LogP contribution is -2.41. The highest BCUT2D eigenvalue weighted by Gasteiger charge is 2.17. The lowest BCUT2D eigenvalue weighted by molar-refractivity contribution is 0.435. The van der Waals surface area contributed by atoms with Crippen LogP contribution in [0, 0.1) is 0 Å². The van der Waals surface area contributed by atoms with Gasteiger partial charge in [-0.3, -0.25) is 0 Å². The molecule has 0 heterocycles. The Morgan fingerprint density at radius 1 is 1.17 bits per heavy atom. The van der Waals surface area contributed by atoms with Gasteiger partial charge in [0.25, 0.3) is 10.2 Å². The molecule has 0 amide bonds. The summed E-state index contributed by atoms with van der Waals surface area (Å²) < 4.78 is 27.6. The molecule has 1 aromatic carbocycles. The third-order valence-corrected chi connectivity index (χ3v) is 4.44. The topological polar surface area (TPSA) is 69.6 Å². The molecule has 1 aromatic rings. The van der Waals surface area contributed by atoms with Crippen LogP contribution in [0.4, 0.5) is 0 Å². The summed E-state index contributed by atoms with van der Waals surface area (Å²) in [6, 6.07) is 6.74. The molecule has 0 spiro atoms. The summed E-state index contributed by atoms with van der Waals surface area (Å²) in [4.78, 5) is 0. The Bertz CT molecular complexity index is 453. The van der Waals surface area contributed by atoms with Gasteiger partial charge in [-0.2, -0.15) is 12.7 Å². The van der Waals surface area contributed by atoms with Crippen LogP contribution in [0.2, 0.25) is 0 Å². The first-order valence-electron chi connectivity index (χ1n) is 6.02. The second kappa shape index (κ2) is 6.72. The molecule has 6 heteroatoms. The summed E-state index contributed by atoms with van der Waals surface area (Å²) >= 11 is 0. The van der Waals surface area contributed by atoms with Gasteiger partial charge < -0.3 is 5.11 Å². The van der Waals surface area contributed by atoms with Gasteiger partial charge in [0.15, 0.2) is 0 Å². The van der Waals surface area contributed by atoms with Crippen molar-refractivity contribution in [3.05, 3.63) is 29.8 Å². The fourth-order valence-corrected chi connectivity index (χ4v) is 2.86. The van der Waals surface area contributed by atoms with Gasteiger partial charge in [0.05, 0.1) is 0 Å². The van der Waals surface area contributed by atoms with Crippen molar-refractivity contribution >= 4 is 10.2 Å². The second-order valence-corrected chi connectivity index (χ2v) is 5.66. The molecule has 102 valence electrons. The van der Waals surface area contributed by atoms with Gasteiger partial charge in [0.2, 0.25) is 0 Å². The third kappa shape index (κ3) is 4.29. The van der Waals surface area contributed by atoms with Gasteiger partial charge in [-0.05, 0) is 24.1 Å². The van der Waals surface area contributed by atoms with Crippen molar-refractivity contribution in [1.82, 2.24) is 9.03 Å². The van der Waals surface area contributed by atoms with Crippen molar-refractivity contribution in [1.29, 1.82) is 0 Å². The molecule has 18 heavy (non-hydrogen) atoms. The lowest BCUT2D eigenvalue weighted by atomic mass is 10.1. The van der Waals surface area contributed by atoms with Crippen molar-refractivity contribution in [3.63, 3.8) is 0 Å². The normalized spacial score (nSPS) is 11.9. The third-order valence-electron chi connectivity index (χ3n) is 2.68. The molecule has 0 fully saturated rings. The van der Waals surface area contributed by atoms with E-state index in [9.17, 15) is 8.42 Å². The SMILES string of the molecule is CCN(CC)S(=O)(=O)NCCc1ccc(O)cc1. The predicted molar refractivity (Wildman–Crippen MR) is 71.7 cm³/mol. The lowest BCUT2D eigenvalue weighted by Gasteiger charge is -2.18. The minimum Gasteiger partial charge on any atom is -0.508 e. The van der Waals surface area contributed by atoms with Crippen molar-refractivity contribution in [3.8, 4) is 5.75 Å². The van der Waals surface area contributed by atoms with Crippen LogP contribution in [0.25, 0.3) is 0 Å². The summed E-state index contributed by atoms with van der Waals surface area (Å²) in [6.45, 7) is 4.89. The highest BCUT2D eigenvalue weighted by Crippen LogP contribution is 2.09. The van der Waals surface area contributed by atoms with Crippen LogP contribution in [0.5, 0.6) is 5.75 Å². The largest absolute Gasteiger partial charge is 0.508 e. The molecule has 0 unspecified atom stereocenters. The molecule has 0 aliphatic rings.